The van der Waals surface area contributed by atoms with Crippen LogP contribution in [0.2, 0.25) is 0 Å². The Morgan fingerprint density at radius 2 is 2.00 bits per heavy atom. The van der Waals surface area contributed by atoms with Crippen LogP contribution in [0.5, 0.6) is 0 Å². The van der Waals surface area contributed by atoms with Gasteiger partial charge >= 0.3 is 7.32 Å². The highest BCUT2D eigenvalue weighted by molar-refractivity contribution is 6.32. The standard InChI is InChI=1S/C9H13BO3/c1-2-8-4-3-5-9(6-8)7-13-10(11)12/h3-6,11-12H,2,7H2,1H3. The third kappa shape index (κ3) is 3.59. The first kappa shape index (κ1) is 10.2. The van der Waals surface area contributed by atoms with Crippen LogP contribution in [0.1, 0.15) is 18.1 Å². The Morgan fingerprint density at radius 3 is 2.62 bits per heavy atom. The zero-order chi connectivity index (χ0) is 9.68. The summed E-state index contributed by atoms with van der Waals surface area (Å²) in [5.74, 6) is 0. The van der Waals surface area contributed by atoms with E-state index >= 15 is 0 Å². The molecule has 0 amide bonds. The molecule has 1 aromatic carbocycles. The third-order valence-electron chi connectivity index (χ3n) is 1.80. The number of benzene rings is 1. The molecule has 0 aliphatic heterocycles. The molecule has 4 heteroatoms. The van der Waals surface area contributed by atoms with Gasteiger partial charge < -0.3 is 14.7 Å². The highest BCUT2D eigenvalue weighted by atomic mass is 16.6. The lowest BCUT2D eigenvalue weighted by atomic mass is 10.1. The molecule has 70 valence electrons. The van der Waals surface area contributed by atoms with Crippen molar-refractivity contribution in [2.75, 3.05) is 0 Å². The summed E-state index contributed by atoms with van der Waals surface area (Å²) in [5.41, 5.74) is 2.17. The Balaban J connectivity index is 2.56. The normalized spacial score (nSPS) is 10.1. The van der Waals surface area contributed by atoms with Crippen molar-refractivity contribution in [3.63, 3.8) is 0 Å². The molecule has 2 N–H and O–H groups in total. The first-order valence-corrected chi connectivity index (χ1v) is 4.28. The summed E-state index contributed by atoms with van der Waals surface area (Å²) in [5, 5.41) is 16.9. The number of hydrogen-bond donors (Lipinski definition) is 2. The summed E-state index contributed by atoms with van der Waals surface area (Å²) in [6, 6.07) is 7.84. The fraction of sp³-hybridized carbons (Fsp3) is 0.333. The molecule has 0 unspecified atom stereocenters. The Bertz CT molecular complexity index is 263. The first-order chi connectivity index (χ1) is 6.22. The summed E-state index contributed by atoms with van der Waals surface area (Å²) in [6.45, 7) is 2.30. The molecule has 3 nitrogen and oxygen atoms in total. The van der Waals surface area contributed by atoms with Crippen LogP contribution in [-0.2, 0) is 17.7 Å². The second-order valence-corrected chi connectivity index (χ2v) is 2.81. The molecule has 0 heterocycles. The van der Waals surface area contributed by atoms with Gasteiger partial charge in [0.1, 0.15) is 0 Å². The lowest BCUT2D eigenvalue weighted by Gasteiger charge is -2.04. The lowest BCUT2D eigenvalue weighted by molar-refractivity contribution is 0.177. The molecule has 0 aromatic heterocycles. The summed E-state index contributed by atoms with van der Waals surface area (Å²) in [7, 11) is -1.69. The average Bonchev–Trinajstić information content (AvgIpc) is 2.15. The molecule has 0 saturated heterocycles. The van der Waals surface area contributed by atoms with E-state index in [0.29, 0.717) is 0 Å². The van der Waals surface area contributed by atoms with Crippen molar-refractivity contribution in [1.82, 2.24) is 0 Å². The van der Waals surface area contributed by atoms with Gasteiger partial charge in [0, 0.05) is 0 Å². The largest absolute Gasteiger partial charge is 0.634 e. The fourth-order valence-corrected chi connectivity index (χ4v) is 1.11. The number of hydrogen-bond acceptors (Lipinski definition) is 3. The van der Waals surface area contributed by atoms with Crippen LogP contribution in [-0.4, -0.2) is 17.4 Å². The SMILES string of the molecule is CCc1cccc(COB(O)O)c1. The second-order valence-electron chi connectivity index (χ2n) is 2.81. The Labute approximate surface area is 78.2 Å². The predicted octanol–water partition coefficient (Wildman–Crippen LogP) is 0.735. The molecule has 1 rings (SSSR count). The topological polar surface area (TPSA) is 49.7 Å². The van der Waals surface area contributed by atoms with Crippen LogP contribution in [0.3, 0.4) is 0 Å². The van der Waals surface area contributed by atoms with Crippen LogP contribution in [0.15, 0.2) is 24.3 Å². The average molecular weight is 180 g/mol. The van der Waals surface area contributed by atoms with Gasteiger partial charge in [-0.3, -0.25) is 0 Å². The molecule has 0 aliphatic rings. The smallest absolute Gasteiger partial charge is 0.402 e. The second kappa shape index (κ2) is 5.02. The van der Waals surface area contributed by atoms with Gasteiger partial charge in [0.05, 0.1) is 6.61 Å². The Kier molecular flexibility index (Phi) is 3.95. The van der Waals surface area contributed by atoms with E-state index in [1.807, 2.05) is 24.3 Å². The summed E-state index contributed by atoms with van der Waals surface area (Å²) in [6.07, 6.45) is 0.968. The summed E-state index contributed by atoms with van der Waals surface area (Å²) < 4.78 is 4.64. The molecular weight excluding hydrogens is 167 g/mol. The van der Waals surface area contributed by atoms with Crippen molar-refractivity contribution < 1.29 is 14.7 Å². The minimum Gasteiger partial charge on any atom is -0.402 e. The molecule has 1 aromatic rings. The lowest BCUT2D eigenvalue weighted by Crippen LogP contribution is -2.16. The van der Waals surface area contributed by atoms with E-state index in [2.05, 4.69) is 11.6 Å². The molecule has 0 bridgehead atoms. The molecule has 0 fully saturated rings. The van der Waals surface area contributed by atoms with E-state index in [9.17, 15) is 0 Å². The monoisotopic (exact) mass is 180 g/mol. The van der Waals surface area contributed by atoms with E-state index in [0.717, 1.165) is 12.0 Å². The van der Waals surface area contributed by atoms with Crippen LogP contribution < -0.4 is 0 Å². The molecule has 13 heavy (non-hydrogen) atoms. The van der Waals surface area contributed by atoms with Gasteiger partial charge in [-0.05, 0) is 17.5 Å². The van der Waals surface area contributed by atoms with E-state index in [-0.39, 0.29) is 6.61 Å². The van der Waals surface area contributed by atoms with Crippen LogP contribution in [0, 0.1) is 0 Å². The minimum absolute atomic E-state index is 0.228. The molecule has 0 radical (unpaired) electrons. The third-order valence-corrected chi connectivity index (χ3v) is 1.80. The highest BCUT2D eigenvalue weighted by Gasteiger charge is 2.07. The van der Waals surface area contributed by atoms with Gasteiger partial charge in [-0.15, -0.1) is 0 Å². The summed E-state index contributed by atoms with van der Waals surface area (Å²) in [4.78, 5) is 0. The molecule has 0 spiro atoms. The highest BCUT2D eigenvalue weighted by Crippen LogP contribution is 2.07. The van der Waals surface area contributed by atoms with Gasteiger partial charge in [0.2, 0.25) is 0 Å². The van der Waals surface area contributed by atoms with Crippen molar-refractivity contribution in [3.05, 3.63) is 35.4 Å². The minimum atomic E-state index is -1.69. The van der Waals surface area contributed by atoms with Gasteiger partial charge in [0.15, 0.2) is 0 Å². The zero-order valence-electron chi connectivity index (χ0n) is 7.60. The maximum atomic E-state index is 8.47. The molecular formula is C9H13BO3. The van der Waals surface area contributed by atoms with E-state index in [4.69, 9.17) is 10.0 Å². The summed E-state index contributed by atoms with van der Waals surface area (Å²) >= 11 is 0. The van der Waals surface area contributed by atoms with Gasteiger partial charge in [0.25, 0.3) is 0 Å². The van der Waals surface area contributed by atoms with Crippen molar-refractivity contribution >= 4 is 7.32 Å². The van der Waals surface area contributed by atoms with Gasteiger partial charge in [-0.2, -0.15) is 0 Å². The molecule has 0 saturated carbocycles. The maximum Gasteiger partial charge on any atom is 0.634 e. The van der Waals surface area contributed by atoms with Crippen LogP contribution in [0.25, 0.3) is 0 Å². The predicted molar refractivity (Wildman–Crippen MR) is 50.8 cm³/mol. The van der Waals surface area contributed by atoms with E-state index in [1.165, 1.54) is 5.56 Å². The Morgan fingerprint density at radius 1 is 1.31 bits per heavy atom. The van der Waals surface area contributed by atoms with Crippen molar-refractivity contribution in [1.29, 1.82) is 0 Å². The van der Waals surface area contributed by atoms with E-state index < -0.39 is 7.32 Å². The van der Waals surface area contributed by atoms with Gasteiger partial charge in [-0.25, -0.2) is 0 Å². The fourth-order valence-electron chi connectivity index (χ4n) is 1.11. The van der Waals surface area contributed by atoms with Crippen LogP contribution in [0.4, 0.5) is 0 Å². The van der Waals surface area contributed by atoms with Crippen molar-refractivity contribution in [2.45, 2.75) is 20.0 Å². The number of rotatable bonds is 4. The van der Waals surface area contributed by atoms with Crippen molar-refractivity contribution in [3.8, 4) is 0 Å². The quantitative estimate of drug-likeness (QED) is 0.671. The van der Waals surface area contributed by atoms with E-state index in [1.54, 1.807) is 0 Å². The zero-order valence-corrected chi connectivity index (χ0v) is 7.60. The van der Waals surface area contributed by atoms with Gasteiger partial charge in [-0.1, -0.05) is 31.2 Å². The van der Waals surface area contributed by atoms with Crippen LogP contribution >= 0.6 is 0 Å². The first-order valence-electron chi connectivity index (χ1n) is 4.28. The Hall–Kier alpha value is -0.835. The molecule has 0 atom stereocenters. The van der Waals surface area contributed by atoms with Crippen molar-refractivity contribution in [2.24, 2.45) is 0 Å². The maximum absolute atomic E-state index is 8.47. The number of aryl methyl sites for hydroxylation is 1. The molecule has 0 aliphatic carbocycles.